The molecule has 0 saturated carbocycles. The smallest absolute Gasteiger partial charge is 0.346 e. The number of hydrogen-bond acceptors (Lipinski definition) is 7. The molecule has 0 radical (unpaired) electrons. The van der Waals surface area contributed by atoms with Gasteiger partial charge in [-0.2, -0.15) is 10.1 Å². The monoisotopic (exact) mass is 413 g/mol. The van der Waals surface area contributed by atoms with Gasteiger partial charge in [-0.3, -0.25) is 19.8 Å². The summed E-state index contributed by atoms with van der Waals surface area (Å²) >= 11 is 0. The first kappa shape index (κ1) is 19.7. The molecule has 1 aromatic carbocycles. The molecule has 3 aromatic rings. The summed E-state index contributed by atoms with van der Waals surface area (Å²) in [4.78, 5) is 29.2. The predicted molar refractivity (Wildman–Crippen MR) is 108 cm³/mol. The minimum Gasteiger partial charge on any atom is -0.497 e. The fraction of sp³-hybridized carbons (Fsp3) is 0.421. The molecule has 0 unspecified atom stereocenters. The number of benzene rings is 1. The van der Waals surface area contributed by atoms with E-state index in [0.29, 0.717) is 29.4 Å². The van der Waals surface area contributed by atoms with E-state index in [1.54, 1.807) is 37.0 Å². The van der Waals surface area contributed by atoms with E-state index in [2.05, 4.69) is 25.6 Å². The van der Waals surface area contributed by atoms with Crippen LogP contribution in [0.4, 0.5) is 5.95 Å². The number of fused-ring (bicyclic) bond motifs is 1. The van der Waals surface area contributed by atoms with Crippen LogP contribution in [0.25, 0.3) is 11.4 Å². The Hall–Kier alpha value is -3.63. The van der Waals surface area contributed by atoms with E-state index in [-0.39, 0.29) is 18.2 Å². The van der Waals surface area contributed by atoms with Gasteiger partial charge in [-0.1, -0.05) is 6.42 Å². The largest absolute Gasteiger partial charge is 0.497 e. The van der Waals surface area contributed by atoms with Gasteiger partial charge in [0.1, 0.15) is 23.9 Å². The number of nitrogens with zero attached hydrogens (tertiary/aromatic N) is 5. The third-order valence-corrected chi connectivity index (χ3v) is 4.98. The topological polar surface area (TPSA) is 129 Å². The zero-order valence-electron chi connectivity index (χ0n) is 16.8. The van der Waals surface area contributed by atoms with Crippen LogP contribution in [0.3, 0.4) is 0 Å². The van der Waals surface area contributed by atoms with E-state index in [1.165, 1.54) is 4.68 Å². The lowest BCUT2D eigenvalue weighted by Crippen LogP contribution is -2.30. The van der Waals surface area contributed by atoms with E-state index >= 15 is 0 Å². The fourth-order valence-electron chi connectivity index (χ4n) is 3.46. The second-order valence-corrected chi connectivity index (χ2v) is 6.94. The molecular weight excluding hydrogens is 390 g/mol. The molecule has 3 heterocycles. The van der Waals surface area contributed by atoms with Crippen molar-refractivity contribution in [3.8, 4) is 22.9 Å². The van der Waals surface area contributed by atoms with Gasteiger partial charge >= 0.3 is 5.69 Å². The Balaban J connectivity index is 1.47. The number of carbonyl (C=O) groups is 1. The van der Waals surface area contributed by atoms with Gasteiger partial charge in [-0.05, 0) is 25.0 Å². The highest BCUT2D eigenvalue weighted by Gasteiger charge is 2.18. The maximum absolute atomic E-state index is 12.5. The minimum absolute atomic E-state index is 0.0988. The van der Waals surface area contributed by atoms with Crippen molar-refractivity contribution < 1.29 is 14.3 Å². The number of aromatic amines is 1. The molecule has 1 aliphatic rings. The second kappa shape index (κ2) is 8.39. The molecule has 2 N–H and O–H groups in total. The Morgan fingerprint density at radius 2 is 2.10 bits per heavy atom. The van der Waals surface area contributed by atoms with E-state index in [9.17, 15) is 9.59 Å². The van der Waals surface area contributed by atoms with E-state index in [4.69, 9.17) is 9.47 Å². The van der Waals surface area contributed by atoms with E-state index in [1.807, 2.05) is 0 Å². The molecule has 0 atom stereocenters. The van der Waals surface area contributed by atoms with Crippen LogP contribution in [0, 0.1) is 0 Å². The Bertz CT molecular complexity index is 1110. The maximum Gasteiger partial charge on any atom is 0.346 e. The summed E-state index contributed by atoms with van der Waals surface area (Å²) in [5.74, 6) is 2.02. The highest BCUT2D eigenvalue weighted by atomic mass is 16.5. The molecule has 1 amide bonds. The highest BCUT2D eigenvalue weighted by molar-refractivity contribution is 5.88. The molecule has 158 valence electrons. The van der Waals surface area contributed by atoms with Crippen LogP contribution in [0.15, 0.2) is 23.0 Å². The van der Waals surface area contributed by atoms with Crippen molar-refractivity contribution in [1.29, 1.82) is 0 Å². The Morgan fingerprint density at radius 3 is 2.90 bits per heavy atom. The normalized spacial score (nSPS) is 13.4. The average molecular weight is 413 g/mol. The molecule has 11 heteroatoms. The Labute approximate surface area is 172 Å². The summed E-state index contributed by atoms with van der Waals surface area (Å²) in [7, 11) is 3.11. The van der Waals surface area contributed by atoms with Crippen LogP contribution in [0.5, 0.6) is 11.5 Å². The summed E-state index contributed by atoms with van der Waals surface area (Å²) in [5.41, 5.74) is 0.404. The van der Waals surface area contributed by atoms with Gasteiger partial charge in [-0.25, -0.2) is 9.48 Å². The molecule has 1 aliphatic heterocycles. The number of carbonyl (C=O) groups excluding carboxylic acids is 1. The number of methoxy groups -OCH3 is 2. The molecule has 30 heavy (non-hydrogen) atoms. The minimum atomic E-state index is -0.433. The first-order chi connectivity index (χ1) is 14.6. The quantitative estimate of drug-likeness (QED) is 0.621. The lowest BCUT2D eigenvalue weighted by molar-refractivity contribution is -0.117. The van der Waals surface area contributed by atoms with Gasteiger partial charge in [0, 0.05) is 19.0 Å². The number of amides is 1. The summed E-state index contributed by atoms with van der Waals surface area (Å²) in [6, 6.07) is 5.28. The zero-order chi connectivity index (χ0) is 21.1. The predicted octanol–water partition coefficient (Wildman–Crippen LogP) is 1.21. The van der Waals surface area contributed by atoms with Gasteiger partial charge in [0.2, 0.25) is 11.9 Å². The second-order valence-electron chi connectivity index (χ2n) is 6.94. The third-order valence-electron chi connectivity index (χ3n) is 4.98. The van der Waals surface area contributed by atoms with Crippen LogP contribution >= 0.6 is 0 Å². The van der Waals surface area contributed by atoms with Crippen LogP contribution in [0.2, 0.25) is 0 Å². The lowest BCUT2D eigenvalue weighted by Gasteiger charge is -2.07. The van der Waals surface area contributed by atoms with Crippen molar-refractivity contribution in [1.82, 2.24) is 29.5 Å². The third kappa shape index (κ3) is 3.91. The molecule has 0 spiro atoms. The van der Waals surface area contributed by atoms with Gasteiger partial charge in [0.05, 0.1) is 19.8 Å². The molecule has 4 rings (SSSR count). The molecule has 0 saturated heterocycles. The van der Waals surface area contributed by atoms with Gasteiger partial charge in [-0.15, -0.1) is 5.10 Å². The van der Waals surface area contributed by atoms with Gasteiger partial charge in [0.15, 0.2) is 5.82 Å². The van der Waals surface area contributed by atoms with E-state index in [0.717, 1.165) is 31.5 Å². The molecule has 0 fully saturated rings. The van der Waals surface area contributed by atoms with Crippen molar-refractivity contribution in [2.24, 2.45) is 0 Å². The van der Waals surface area contributed by atoms with Crippen molar-refractivity contribution in [3.05, 3.63) is 34.5 Å². The number of hydrogen-bond donors (Lipinski definition) is 2. The number of rotatable bonds is 6. The maximum atomic E-state index is 12.5. The van der Waals surface area contributed by atoms with Crippen LogP contribution in [-0.2, 0) is 24.3 Å². The molecule has 0 aliphatic carbocycles. The molecule has 11 nitrogen and oxygen atoms in total. The molecule has 0 bridgehead atoms. The van der Waals surface area contributed by atoms with E-state index < -0.39 is 5.91 Å². The van der Waals surface area contributed by atoms with Crippen LogP contribution < -0.4 is 20.5 Å². The number of nitrogens with one attached hydrogen (secondary N) is 2. The van der Waals surface area contributed by atoms with Crippen molar-refractivity contribution in [3.63, 3.8) is 0 Å². The average Bonchev–Trinajstić information content (AvgIpc) is 3.23. The lowest BCUT2D eigenvalue weighted by atomic mass is 10.2. The number of H-pyrrole nitrogens is 1. The van der Waals surface area contributed by atoms with Gasteiger partial charge < -0.3 is 9.47 Å². The van der Waals surface area contributed by atoms with Crippen molar-refractivity contribution >= 4 is 11.9 Å². The van der Waals surface area contributed by atoms with Crippen LogP contribution in [-0.4, -0.2) is 49.7 Å². The van der Waals surface area contributed by atoms with Crippen molar-refractivity contribution in [2.75, 3.05) is 19.5 Å². The number of aryl methyl sites for hydroxylation is 1. The first-order valence-electron chi connectivity index (χ1n) is 9.70. The Morgan fingerprint density at radius 1 is 1.23 bits per heavy atom. The number of aromatic nitrogens is 6. The highest BCUT2D eigenvalue weighted by Crippen LogP contribution is 2.31. The summed E-state index contributed by atoms with van der Waals surface area (Å²) in [6.45, 7) is 0.443. The SMILES string of the molecule is COc1ccc(-c2nc(NC(=O)Cn3nc4n(c3=O)CCCCC4)n[nH]2)c(OC)c1. The molecule has 2 aromatic heterocycles. The zero-order valence-corrected chi connectivity index (χ0v) is 16.8. The Kier molecular flexibility index (Phi) is 5.50. The van der Waals surface area contributed by atoms with Crippen molar-refractivity contribution in [2.45, 2.75) is 38.8 Å². The first-order valence-corrected chi connectivity index (χ1v) is 9.70. The van der Waals surface area contributed by atoms with Gasteiger partial charge in [0.25, 0.3) is 0 Å². The fourth-order valence-corrected chi connectivity index (χ4v) is 3.46. The number of anilines is 1. The number of ether oxygens (including phenoxy) is 2. The summed E-state index contributed by atoms with van der Waals surface area (Å²) in [6.07, 6.45) is 3.77. The summed E-state index contributed by atoms with van der Waals surface area (Å²) < 4.78 is 13.4. The summed E-state index contributed by atoms with van der Waals surface area (Å²) in [5, 5.41) is 13.7. The molecular formula is C19H23N7O4. The standard InChI is InChI=1S/C19H23N7O4/c1-29-12-7-8-13(14(10-12)30-2)17-21-18(23-22-17)20-16(27)11-26-19(28)25-9-5-3-4-6-15(25)24-26/h7-8,10H,3-6,9,11H2,1-2H3,(H2,20,21,22,23,27). The van der Waals surface area contributed by atoms with Crippen LogP contribution in [0.1, 0.15) is 25.1 Å².